The van der Waals surface area contributed by atoms with Crippen molar-refractivity contribution >= 4 is 15.7 Å². The SMILES string of the molecule is O=C(NCC(c1ccccc1)c1ccccc1)C(c1ccccc1)N1CCS(=O)(=O)CC1. The maximum absolute atomic E-state index is 13.5. The van der Waals surface area contributed by atoms with Crippen LogP contribution in [0.3, 0.4) is 0 Å². The summed E-state index contributed by atoms with van der Waals surface area (Å²) in [5, 5.41) is 3.17. The Balaban J connectivity index is 1.56. The Morgan fingerprint density at radius 2 is 1.19 bits per heavy atom. The highest BCUT2D eigenvalue weighted by Crippen LogP contribution is 2.26. The van der Waals surface area contributed by atoms with E-state index < -0.39 is 15.9 Å². The van der Waals surface area contributed by atoms with Gasteiger partial charge < -0.3 is 5.32 Å². The minimum Gasteiger partial charge on any atom is -0.353 e. The van der Waals surface area contributed by atoms with Gasteiger partial charge in [0.2, 0.25) is 5.91 Å². The van der Waals surface area contributed by atoms with Crippen LogP contribution >= 0.6 is 0 Å². The fraction of sp³-hybridized carbons (Fsp3) is 0.269. The van der Waals surface area contributed by atoms with E-state index in [4.69, 9.17) is 0 Å². The van der Waals surface area contributed by atoms with Crippen LogP contribution in [0.2, 0.25) is 0 Å². The van der Waals surface area contributed by atoms with Gasteiger partial charge in [-0.2, -0.15) is 0 Å². The molecule has 0 radical (unpaired) electrons. The number of nitrogens with zero attached hydrogens (tertiary/aromatic N) is 1. The maximum Gasteiger partial charge on any atom is 0.241 e. The first kappa shape index (κ1) is 22.2. The molecule has 1 heterocycles. The summed E-state index contributed by atoms with van der Waals surface area (Å²) in [5.74, 6) is 0.0902. The Morgan fingerprint density at radius 1 is 0.750 bits per heavy atom. The maximum atomic E-state index is 13.5. The lowest BCUT2D eigenvalue weighted by atomic mass is 9.91. The van der Waals surface area contributed by atoms with Crippen molar-refractivity contribution < 1.29 is 13.2 Å². The normalized spacial score (nSPS) is 17.0. The predicted octanol–water partition coefficient (Wildman–Crippen LogP) is 3.41. The van der Waals surface area contributed by atoms with Gasteiger partial charge in [0.15, 0.2) is 9.84 Å². The Labute approximate surface area is 190 Å². The molecule has 1 saturated heterocycles. The van der Waals surface area contributed by atoms with E-state index in [0.29, 0.717) is 19.6 Å². The summed E-state index contributed by atoms with van der Waals surface area (Å²) in [6.45, 7) is 1.18. The molecule has 1 aliphatic rings. The Kier molecular flexibility index (Phi) is 7.02. The average molecular weight is 449 g/mol. The number of nitrogens with one attached hydrogen (secondary N) is 1. The van der Waals surface area contributed by atoms with Crippen molar-refractivity contribution in [2.24, 2.45) is 0 Å². The molecule has 0 spiro atoms. The molecule has 1 atom stereocenters. The number of rotatable bonds is 7. The summed E-state index contributed by atoms with van der Waals surface area (Å²) in [5.41, 5.74) is 3.15. The van der Waals surface area contributed by atoms with E-state index in [2.05, 4.69) is 29.6 Å². The molecule has 0 saturated carbocycles. The van der Waals surface area contributed by atoms with Crippen LogP contribution in [0.4, 0.5) is 0 Å². The standard InChI is InChI=1S/C26H28N2O3S/c29-26(25(23-14-8-3-9-15-23)28-16-18-32(30,31)19-17-28)27-20-24(21-10-4-1-5-11-21)22-12-6-2-7-13-22/h1-15,24-25H,16-20H2,(H,27,29). The molecule has 3 aromatic carbocycles. The average Bonchev–Trinajstić information content (AvgIpc) is 2.82. The van der Waals surface area contributed by atoms with Crippen molar-refractivity contribution in [1.82, 2.24) is 10.2 Å². The third kappa shape index (κ3) is 5.44. The molecule has 1 fully saturated rings. The molecule has 5 nitrogen and oxygen atoms in total. The van der Waals surface area contributed by atoms with Gasteiger partial charge in [-0.05, 0) is 16.7 Å². The summed E-state index contributed by atoms with van der Waals surface area (Å²) in [6.07, 6.45) is 0. The molecule has 4 rings (SSSR count). The van der Waals surface area contributed by atoms with Gasteiger partial charge in [-0.25, -0.2) is 8.42 Å². The molecule has 166 valence electrons. The van der Waals surface area contributed by atoms with E-state index in [1.165, 1.54) is 0 Å². The van der Waals surface area contributed by atoms with Crippen LogP contribution in [0, 0.1) is 0 Å². The number of carbonyl (C=O) groups excluding carboxylic acids is 1. The number of hydrogen-bond donors (Lipinski definition) is 1. The molecular formula is C26H28N2O3S. The largest absolute Gasteiger partial charge is 0.353 e. The number of carbonyl (C=O) groups is 1. The number of sulfone groups is 1. The zero-order valence-electron chi connectivity index (χ0n) is 17.9. The molecule has 1 amide bonds. The van der Waals surface area contributed by atoms with Crippen LogP contribution in [0.5, 0.6) is 0 Å². The Hall–Kier alpha value is -2.96. The van der Waals surface area contributed by atoms with Crippen LogP contribution in [0.25, 0.3) is 0 Å². The topological polar surface area (TPSA) is 66.5 Å². The molecule has 0 aromatic heterocycles. The van der Waals surface area contributed by atoms with Crippen molar-refractivity contribution in [3.8, 4) is 0 Å². The van der Waals surface area contributed by atoms with Crippen molar-refractivity contribution in [2.75, 3.05) is 31.1 Å². The molecule has 3 aromatic rings. The van der Waals surface area contributed by atoms with Gasteiger partial charge in [0.05, 0.1) is 11.5 Å². The van der Waals surface area contributed by atoms with E-state index in [1.54, 1.807) is 0 Å². The summed E-state index contributed by atoms with van der Waals surface area (Å²) in [6, 6.07) is 29.4. The monoisotopic (exact) mass is 448 g/mol. The lowest BCUT2D eigenvalue weighted by Gasteiger charge is -2.34. The smallest absolute Gasteiger partial charge is 0.241 e. The number of hydrogen-bond acceptors (Lipinski definition) is 4. The second-order valence-electron chi connectivity index (χ2n) is 8.12. The van der Waals surface area contributed by atoms with Crippen molar-refractivity contribution in [1.29, 1.82) is 0 Å². The van der Waals surface area contributed by atoms with Gasteiger partial charge in [-0.15, -0.1) is 0 Å². The van der Waals surface area contributed by atoms with Crippen molar-refractivity contribution in [3.63, 3.8) is 0 Å². The summed E-state index contributed by atoms with van der Waals surface area (Å²) in [7, 11) is -3.03. The fourth-order valence-corrected chi connectivity index (χ4v) is 5.48. The van der Waals surface area contributed by atoms with Crippen LogP contribution in [0.15, 0.2) is 91.0 Å². The summed E-state index contributed by atoms with van der Waals surface area (Å²) in [4.78, 5) is 15.4. The van der Waals surface area contributed by atoms with E-state index >= 15 is 0 Å². The van der Waals surface area contributed by atoms with Gasteiger partial charge in [-0.3, -0.25) is 9.69 Å². The summed E-state index contributed by atoms with van der Waals surface area (Å²) >= 11 is 0. The van der Waals surface area contributed by atoms with Crippen LogP contribution in [0.1, 0.15) is 28.7 Å². The van der Waals surface area contributed by atoms with Gasteiger partial charge in [0.1, 0.15) is 6.04 Å². The molecule has 1 aliphatic heterocycles. The first-order chi connectivity index (χ1) is 15.5. The molecule has 1 N–H and O–H groups in total. The number of benzene rings is 3. The zero-order valence-corrected chi connectivity index (χ0v) is 18.7. The van der Waals surface area contributed by atoms with E-state index in [9.17, 15) is 13.2 Å². The molecular weight excluding hydrogens is 420 g/mol. The van der Waals surface area contributed by atoms with Crippen LogP contribution in [-0.4, -0.2) is 50.4 Å². The van der Waals surface area contributed by atoms with Gasteiger partial charge >= 0.3 is 0 Å². The lowest BCUT2D eigenvalue weighted by molar-refractivity contribution is -0.126. The van der Waals surface area contributed by atoms with Gasteiger partial charge in [0.25, 0.3) is 0 Å². The van der Waals surface area contributed by atoms with E-state index in [-0.39, 0.29) is 23.3 Å². The minimum atomic E-state index is -3.03. The van der Waals surface area contributed by atoms with Crippen LogP contribution in [-0.2, 0) is 14.6 Å². The summed E-state index contributed by atoms with van der Waals surface area (Å²) < 4.78 is 23.9. The predicted molar refractivity (Wildman–Crippen MR) is 127 cm³/mol. The second kappa shape index (κ2) is 10.1. The highest BCUT2D eigenvalue weighted by molar-refractivity contribution is 7.91. The minimum absolute atomic E-state index is 0.0273. The first-order valence-electron chi connectivity index (χ1n) is 10.9. The first-order valence-corrected chi connectivity index (χ1v) is 12.7. The highest BCUT2D eigenvalue weighted by atomic mass is 32.2. The van der Waals surface area contributed by atoms with E-state index in [0.717, 1.165) is 16.7 Å². The van der Waals surface area contributed by atoms with E-state index in [1.807, 2.05) is 71.6 Å². The van der Waals surface area contributed by atoms with Crippen molar-refractivity contribution in [2.45, 2.75) is 12.0 Å². The second-order valence-corrected chi connectivity index (χ2v) is 10.4. The third-order valence-electron chi connectivity index (χ3n) is 5.99. The van der Waals surface area contributed by atoms with Crippen molar-refractivity contribution in [3.05, 3.63) is 108 Å². The molecule has 1 unspecified atom stereocenters. The Bertz CT molecular complexity index is 1070. The van der Waals surface area contributed by atoms with Crippen LogP contribution < -0.4 is 5.32 Å². The molecule has 6 heteroatoms. The lowest BCUT2D eigenvalue weighted by Crippen LogP contribution is -2.48. The number of amides is 1. The zero-order chi connectivity index (χ0) is 22.4. The quantitative estimate of drug-likeness (QED) is 0.602. The third-order valence-corrected chi connectivity index (χ3v) is 7.60. The molecule has 0 bridgehead atoms. The highest BCUT2D eigenvalue weighted by Gasteiger charge is 2.32. The molecule has 32 heavy (non-hydrogen) atoms. The van der Waals surface area contributed by atoms with Gasteiger partial charge in [0, 0.05) is 25.6 Å². The molecule has 0 aliphatic carbocycles. The fourth-order valence-electron chi connectivity index (χ4n) is 4.25. The Morgan fingerprint density at radius 3 is 1.66 bits per heavy atom. The van der Waals surface area contributed by atoms with Gasteiger partial charge in [-0.1, -0.05) is 91.0 Å².